The monoisotopic (exact) mass is 348 g/mol. The Balaban J connectivity index is 2.09. The number of carbonyl (C=O) groups excluding carboxylic acids is 2. The van der Waals surface area contributed by atoms with E-state index in [1.54, 1.807) is 42.5 Å². The van der Waals surface area contributed by atoms with Crippen molar-refractivity contribution in [3.63, 3.8) is 0 Å². The van der Waals surface area contributed by atoms with E-state index in [1.807, 2.05) is 0 Å². The number of hydrogen-bond donors (Lipinski definition) is 2. The Kier molecular flexibility index (Phi) is 4.59. The first-order chi connectivity index (χ1) is 9.99. The average Bonchev–Trinajstić information content (AvgIpc) is 2.48. The standard InChI is InChI=1S/C15H13BrN2O3/c16-12-6-2-5-11(13(12)17)15(20)21-8-9-3-1-4-10(7-9)14(18)19/h1-7H,8,17H2,(H2,18,19). The Morgan fingerprint density at radius 3 is 2.57 bits per heavy atom. The van der Waals surface area contributed by atoms with Crippen molar-refractivity contribution in [3.05, 3.63) is 63.6 Å². The number of nitrogen functional groups attached to an aromatic ring is 1. The van der Waals surface area contributed by atoms with Gasteiger partial charge in [-0.3, -0.25) is 4.79 Å². The third-order valence-corrected chi connectivity index (χ3v) is 3.55. The minimum absolute atomic E-state index is 0.0336. The zero-order valence-electron chi connectivity index (χ0n) is 11.0. The number of carbonyl (C=O) groups is 2. The van der Waals surface area contributed by atoms with Crippen molar-refractivity contribution >= 4 is 33.5 Å². The predicted octanol–water partition coefficient (Wildman–Crippen LogP) is 2.49. The fourth-order valence-corrected chi connectivity index (χ4v) is 2.12. The lowest BCUT2D eigenvalue weighted by Gasteiger charge is -2.08. The Hall–Kier alpha value is -2.34. The summed E-state index contributed by atoms with van der Waals surface area (Å²) in [4.78, 5) is 23.1. The molecule has 0 fully saturated rings. The SMILES string of the molecule is NC(=O)c1cccc(COC(=O)c2cccc(Br)c2N)c1. The van der Waals surface area contributed by atoms with Crippen LogP contribution < -0.4 is 11.5 Å². The largest absolute Gasteiger partial charge is 0.457 e. The average molecular weight is 349 g/mol. The van der Waals surface area contributed by atoms with Crippen LogP contribution in [0.2, 0.25) is 0 Å². The molecule has 0 aromatic heterocycles. The molecule has 2 aromatic carbocycles. The first-order valence-electron chi connectivity index (χ1n) is 6.09. The summed E-state index contributed by atoms with van der Waals surface area (Å²) in [6.07, 6.45) is 0. The molecule has 0 unspecified atom stereocenters. The summed E-state index contributed by atoms with van der Waals surface area (Å²) in [5, 5.41) is 0. The molecular formula is C15H13BrN2O3. The van der Waals surface area contributed by atoms with Crippen molar-refractivity contribution in [1.82, 2.24) is 0 Å². The molecule has 0 saturated carbocycles. The van der Waals surface area contributed by atoms with E-state index in [9.17, 15) is 9.59 Å². The van der Waals surface area contributed by atoms with Crippen LogP contribution in [0.25, 0.3) is 0 Å². The molecule has 21 heavy (non-hydrogen) atoms. The minimum atomic E-state index is -0.529. The second-order valence-corrected chi connectivity index (χ2v) is 5.20. The molecule has 4 N–H and O–H groups in total. The highest BCUT2D eigenvalue weighted by Crippen LogP contribution is 2.23. The second-order valence-electron chi connectivity index (χ2n) is 4.34. The van der Waals surface area contributed by atoms with Gasteiger partial charge in [-0.25, -0.2) is 4.79 Å². The van der Waals surface area contributed by atoms with Crippen LogP contribution in [0.4, 0.5) is 5.69 Å². The molecule has 0 aliphatic carbocycles. The van der Waals surface area contributed by atoms with E-state index in [4.69, 9.17) is 16.2 Å². The lowest BCUT2D eigenvalue weighted by atomic mass is 10.1. The molecule has 0 heterocycles. The van der Waals surface area contributed by atoms with E-state index in [0.717, 1.165) is 0 Å². The number of halogens is 1. The normalized spacial score (nSPS) is 10.1. The van der Waals surface area contributed by atoms with Crippen LogP contribution in [0.5, 0.6) is 0 Å². The molecule has 2 rings (SSSR count). The van der Waals surface area contributed by atoms with Crippen LogP contribution in [0, 0.1) is 0 Å². The Morgan fingerprint density at radius 1 is 1.14 bits per heavy atom. The highest BCUT2D eigenvalue weighted by molar-refractivity contribution is 9.10. The van der Waals surface area contributed by atoms with Crippen molar-refractivity contribution < 1.29 is 14.3 Å². The molecule has 0 aliphatic rings. The molecule has 2 aromatic rings. The van der Waals surface area contributed by atoms with Crippen molar-refractivity contribution in [2.24, 2.45) is 5.73 Å². The van der Waals surface area contributed by atoms with E-state index >= 15 is 0 Å². The molecule has 0 aliphatic heterocycles. The number of primary amides is 1. The number of anilines is 1. The first-order valence-corrected chi connectivity index (χ1v) is 6.88. The summed E-state index contributed by atoms with van der Waals surface area (Å²) in [7, 11) is 0. The number of para-hydroxylation sites is 1. The molecule has 0 spiro atoms. The van der Waals surface area contributed by atoms with Crippen molar-refractivity contribution in [2.75, 3.05) is 5.73 Å². The number of hydrogen-bond acceptors (Lipinski definition) is 4. The molecule has 6 heteroatoms. The van der Waals surface area contributed by atoms with Crippen molar-refractivity contribution in [2.45, 2.75) is 6.61 Å². The zero-order valence-corrected chi connectivity index (χ0v) is 12.6. The summed E-state index contributed by atoms with van der Waals surface area (Å²) in [5.41, 5.74) is 12.7. The zero-order chi connectivity index (χ0) is 15.4. The van der Waals surface area contributed by atoms with Gasteiger partial charge in [-0.2, -0.15) is 0 Å². The van der Waals surface area contributed by atoms with Crippen LogP contribution in [0.1, 0.15) is 26.3 Å². The predicted molar refractivity (Wildman–Crippen MR) is 82.6 cm³/mol. The van der Waals surface area contributed by atoms with Crippen LogP contribution in [0.15, 0.2) is 46.9 Å². The van der Waals surface area contributed by atoms with Gasteiger partial charge in [0.05, 0.1) is 11.3 Å². The van der Waals surface area contributed by atoms with Gasteiger partial charge in [0, 0.05) is 10.0 Å². The van der Waals surface area contributed by atoms with Gasteiger partial charge in [0.2, 0.25) is 5.91 Å². The van der Waals surface area contributed by atoms with Crippen molar-refractivity contribution in [3.8, 4) is 0 Å². The lowest BCUT2D eigenvalue weighted by molar-refractivity contribution is 0.0474. The number of nitrogens with two attached hydrogens (primary N) is 2. The molecule has 0 bridgehead atoms. The summed E-state index contributed by atoms with van der Waals surface area (Å²) in [6, 6.07) is 11.6. The van der Waals surface area contributed by atoms with E-state index < -0.39 is 11.9 Å². The van der Waals surface area contributed by atoms with Gasteiger partial charge in [-0.05, 0) is 45.8 Å². The van der Waals surface area contributed by atoms with E-state index in [-0.39, 0.29) is 12.2 Å². The summed E-state index contributed by atoms with van der Waals surface area (Å²) < 4.78 is 5.82. The third kappa shape index (κ3) is 3.61. The number of benzene rings is 2. The van der Waals surface area contributed by atoms with Gasteiger partial charge in [-0.15, -0.1) is 0 Å². The third-order valence-electron chi connectivity index (χ3n) is 2.85. The Labute approximate surface area is 130 Å². The number of amides is 1. The maximum Gasteiger partial charge on any atom is 0.340 e. The van der Waals surface area contributed by atoms with Crippen LogP contribution in [0.3, 0.4) is 0 Å². The van der Waals surface area contributed by atoms with Gasteiger partial charge < -0.3 is 16.2 Å². The Morgan fingerprint density at radius 2 is 1.86 bits per heavy atom. The molecule has 0 atom stereocenters. The maximum absolute atomic E-state index is 12.0. The minimum Gasteiger partial charge on any atom is -0.457 e. The van der Waals surface area contributed by atoms with Crippen LogP contribution >= 0.6 is 15.9 Å². The lowest BCUT2D eigenvalue weighted by Crippen LogP contribution is -2.12. The topological polar surface area (TPSA) is 95.4 Å². The van der Waals surface area contributed by atoms with E-state index in [2.05, 4.69) is 15.9 Å². The van der Waals surface area contributed by atoms with E-state index in [0.29, 0.717) is 21.3 Å². The van der Waals surface area contributed by atoms with Gasteiger partial charge in [0.25, 0.3) is 0 Å². The smallest absolute Gasteiger partial charge is 0.340 e. The van der Waals surface area contributed by atoms with Crippen LogP contribution in [-0.4, -0.2) is 11.9 Å². The maximum atomic E-state index is 12.0. The molecule has 5 nitrogen and oxygen atoms in total. The van der Waals surface area contributed by atoms with Gasteiger partial charge in [-0.1, -0.05) is 18.2 Å². The summed E-state index contributed by atoms with van der Waals surface area (Å²) >= 11 is 3.25. The number of rotatable bonds is 4. The fraction of sp³-hybridized carbons (Fsp3) is 0.0667. The highest BCUT2D eigenvalue weighted by Gasteiger charge is 2.13. The molecular weight excluding hydrogens is 336 g/mol. The first kappa shape index (κ1) is 15.1. The highest BCUT2D eigenvalue weighted by atomic mass is 79.9. The van der Waals surface area contributed by atoms with Crippen molar-refractivity contribution in [1.29, 1.82) is 0 Å². The van der Waals surface area contributed by atoms with E-state index in [1.165, 1.54) is 0 Å². The van der Waals surface area contributed by atoms with Gasteiger partial charge in [0.15, 0.2) is 0 Å². The van der Waals surface area contributed by atoms with Crippen LogP contribution in [-0.2, 0) is 11.3 Å². The quantitative estimate of drug-likeness (QED) is 0.655. The summed E-state index contributed by atoms with van der Waals surface area (Å²) in [6.45, 7) is 0.0336. The number of esters is 1. The summed E-state index contributed by atoms with van der Waals surface area (Å²) in [5.74, 6) is -1.06. The fourth-order valence-electron chi connectivity index (χ4n) is 1.76. The molecule has 108 valence electrons. The molecule has 1 amide bonds. The second kappa shape index (κ2) is 6.41. The molecule has 0 saturated heterocycles. The van der Waals surface area contributed by atoms with Gasteiger partial charge in [0.1, 0.15) is 6.61 Å². The number of ether oxygens (including phenoxy) is 1. The Bertz CT molecular complexity index is 701. The molecule has 0 radical (unpaired) electrons. The van der Waals surface area contributed by atoms with Gasteiger partial charge >= 0.3 is 5.97 Å².